The largest absolute Gasteiger partial charge is 0.343 e. The molecule has 0 aromatic heterocycles. The standard InChI is InChI=1S/C21H23N3O/c1-22-10-12-24(13-11-22)21-19(14-23(2)20(21)15-25)18-9-5-7-16-6-3-4-8-17(16)18/h3-9,14,21H,10-13H2,1-2H3. The highest BCUT2D eigenvalue weighted by Gasteiger charge is 2.36. The molecule has 4 heteroatoms. The first-order valence-electron chi connectivity index (χ1n) is 8.79. The van der Waals surface area contributed by atoms with Crippen molar-refractivity contribution >= 4 is 22.3 Å². The van der Waals surface area contributed by atoms with Gasteiger partial charge in [0.05, 0.1) is 6.04 Å². The van der Waals surface area contributed by atoms with Crippen LogP contribution in [0, 0.1) is 0 Å². The highest BCUT2D eigenvalue weighted by atomic mass is 16.1. The van der Waals surface area contributed by atoms with Crippen molar-refractivity contribution < 1.29 is 4.79 Å². The van der Waals surface area contributed by atoms with Crippen LogP contribution in [0.25, 0.3) is 16.3 Å². The normalized spacial score (nSPS) is 22.3. The molecule has 2 aliphatic heterocycles. The van der Waals surface area contributed by atoms with E-state index in [1.165, 1.54) is 21.9 Å². The Labute approximate surface area is 148 Å². The Kier molecular flexibility index (Phi) is 4.18. The van der Waals surface area contributed by atoms with Crippen LogP contribution in [-0.2, 0) is 4.79 Å². The van der Waals surface area contributed by atoms with E-state index >= 15 is 0 Å². The van der Waals surface area contributed by atoms with Crippen molar-refractivity contribution in [3.63, 3.8) is 0 Å². The van der Waals surface area contributed by atoms with Crippen LogP contribution in [0.2, 0.25) is 0 Å². The van der Waals surface area contributed by atoms with Gasteiger partial charge in [-0.15, -0.1) is 0 Å². The number of piperazine rings is 1. The zero-order valence-electron chi connectivity index (χ0n) is 14.8. The summed E-state index contributed by atoms with van der Waals surface area (Å²) in [6.45, 7) is 3.97. The SMILES string of the molecule is CN1CCN(C2C(=C=O)N(C)C=C2c2cccc3ccccc23)CC1. The molecule has 2 aromatic carbocycles. The first-order valence-corrected chi connectivity index (χ1v) is 8.79. The van der Waals surface area contributed by atoms with E-state index in [0.717, 1.165) is 26.2 Å². The number of hydrogen-bond donors (Lipinski definition) is 0. The van der Waals surface area contributed by atoms with Crippen LogP contribution >= 0.6 is 0 Å². The maximum absolute atomic E-state index is 11.7. The lowest BCUT2D eigenvalue weighted by atomic mass is 9.93. The highest BCUT2D eigenvalue weighted by Crippen LogP contribution is 2.37. The fourth-order valence-corrected chi connectivity index (χ4v) is 3.96. The van der Waals surface area contributed by atoms with Gasteiger partial charge in [-0.25, -0.2) is 4.79 Å². The number of nitrogens with zero attached hydrogens (tertiary/aromatic N) is 3. The summed E-state index contributed by atoms with van der Waals surface area (Å²) < 4.78 is 0. The van der Waals surface area contributed by atoms with E-state index in [0.29, 0.717) is 5.70 Å². The van der Waals surface area contributed by atoms with E-state index in [1.54, 1.807) is 0 Å². The van der Waals surface area contributed by atoms with Crippen molar-refractivity contribution in [1.82, 2.24) is 14.7 Å². The summed E-state index contributed by atoms with van der Waals surface area (Å²) >= 11 is 0. The molecular weight excluding hydrogens is 310 g/mol. The molecule has 0 N–H and O–H groups in total. The van der Waals surface area contributed by atoms with Crippen molar-refractivity contribution in [2.24, 2.45) is 0 Å². The molecule has 0 aliphatic carbocycles. The van der Waals surface area contributed by atoms with E-state index in [9.17, 15) is 4.79 Å². The number of hydrogen-bond acceptors (Lipinski definition) is 4. The smallest absolute Gasteiger partial charge is 0.148 e. The maximum Gasteiger partial charge on any atom is 0.148 e. The second-order valence-corrected chi connectivity index (χ2v) is 6.95. The average molecular weight is 333 g/mol. The van der Waals surface area contributed by atoms with Crippen molar-refractivity contribution in [2.75, 3.05) is 40.3 Å². The Bertz CT molecular complexity index is 868. The molecule has 1 unspecified atom stereocenters. The minimum absolute atomic E-state index is 0.0120. The molecule has 0 bridgehead atoms. The van der Waals surface area contributed by atoms with Crippen LogP contribution in [0.1, 0.15) is 5.56 Å². The summed E-state index contributed by atoms with van der Waals surface area (Å²) in [5, 5.41) is 2.46. The predicted octanol–water partition coefficient (Wildman–Crippen LogP) is 2.46. The zero-order chi connectivity index (χ0) is 17.4. The lowest BCUT2D eigenvalue weighted by Gasteiger charge is -2.37. The molecular formula is C21H23N3O. The quantitative estimate of drug-likeness (QED) is 0.789. The van der Waals surface area contributed by atoms with Crippen LogP contribution in [0.3, 0.4) is 0 Å². The molecule has 4 nitrogen and oxygen atoms in total. The Morgan fingerprint density at radius 2 is 1.68 bits per heavy atom. The first kappa shape index (κ1) is 16.1. The predicted molar refractivity (Wildman–Crippen MR) is 102 cm³/mol. The Balaban J connectivity index is 1.81. The molecule has 2 aromatic rings. The van der Waals surface area contributed by atoms with Crippen molar-refractivity contribution in [2.45, 2.75) is 6.04 Å². The molecule has 4 rings (SSSR count). The fourth-order valence-electron chi connectivity index (χ4n) is 3.96. The molecule has 0 saturated carbocycles. The third kappa shape index (κ3) is 2.79. The molecule has 25 heavy (non-hydrogen) atoms. The monoisotopic (exact) mass is 333 g/mol. The van der Waals surface area contributed by atoms with Gasteiger partial charge in [0.25, 0.3) is 0 Å². The Morgan fingerprint density at radius 3 is 2.44 bits per heavy atom. The number of fused-ring (bicyclic) bond motifs is 1. The van der Waals surface area contributed by atoms with Crippen molar-refractivity contribution in [3.05, 3.63) is 59.9 Å². The van der Waals surface area contributed by atoms with E-state index in [2.05, 4.69) is 71.5 Å². The average Bonchev–Trinajstić information content (AvgIpc) is 2.98. The van der Waals surface area contributed by atoms with Gasteiger partial charge in [0, 0.05) is 45.0 Å². The molecule has 0 spiro atoms. The van der Waals surface area contributed by atoms with Gasteiger partial charge in [-0.3, -0.25) is 4.90 Å². The van der Waals surface area contributed by atoms with Gasteiger partial charge in [0.1, 0.15) is 11.6 Å². The topological polar surface area (TPSA) is 26.8 Å². The van der Waals surface area contributed by atoms with Crippen LogP contribution in [-0.4, -0.2) is 67.0 Å². The first-order chi connectivity index (χ1) is 12.2. The number of benzene rings is 2. The van der Waals surface area contributed by atoms with E-state index < -0.39 is 0 Å². The van der Waals surface area contributed by atoms with Gasteiger partial charge >= 0.3 is 0 Å². The fraction of sp³-hybridized carbons (Fsp3) is 0.333. The molecule has 1 fully saturated rings. The molecule has 128 valence electrons. The minimum atomic E-state index is -0.0120. The second kappa shape index (κ2) is 6.49. The second-order valence-electron chi connectivity index (χ2n) is 6.95. The molecule has 0 amide bonds. The third-order valence-electron chi connectivity index (χ3n) is 5.37. The minimum Gasteiger partial charge on any atom is -0.343 e. The summed E-state index contributed by atoms with van der Waals surface area (Å²) in [7, 11) is 4.09. The number of rotatable bonds is 2. The van der Waals surface area contributed by atoms with E-state index in [-0.39, 0.29) is 6.04 Å². The number of carbonyl (C=O) groups excluding carboxylic acids is 1. The molecule has 1 saturated heterocycles. The lowest BCUT2D eigenvalue weighted by molar-refractivity contribution is 0.141. The summed E-state index contributed by atoms with van der Waals surface area (Å²) in [5.41, 5.74) is 3.12. The Morgan fingerprint density at radius 1 is 0.960 bits per heavy atom. The van der Waals surface area contributed by atoms with Crippen LogP contribution < -0.4 is 0 Å². The van der Waals surface area contributed by atoms with Gasteiger partial charge < -0.3 is 9.80 Å². The summed E-state index contributed by atoms with van der Waals surface area (Å²) in [5.74, 6) is 2.21. The Hall–Kier alpha value is -2.39. The van der Waals surface area contributed by atoms with Gasteiger partial charge in [-0.2, -0.15) is 0 Å². The van der Waals surface area contributed by atoms with E-state index in [4.69, 9.17) is 0 Å². The van der Waals surface area contributed by atoms with E-state index in [1.807, 2.05) is 11.9 Å². The van der Waals surface area contributed by atoms with Crippen LogP contribution in [0.4, 0.5) is 0 Å². The molecule has 2 heterocycles. The zero-order valence-corrected chi connectivity index (χ0v) is 14.8. The summed E-state index contributed by atoms with van der Waals surface area (Å²) in [4.78, 5) is 18.4. The maximum atomic E-state index is 11.7. The van der Waals surface area contributed by atoms with Crippen LogP contribution in [0.5, 0.6) is 0 Å². The summed E-state index contributed by atoms with van der Waals surface area (Å²) in [6, 6.07) is 14.8. The highest BCUT2D eigenvalue weighted by molar-refractivity contribution is 5.96. The third-order valence-corrected chi connectivity index (χ3v) is 5.37. The molecule has 2 aliphatic rings. The number of likely N-dealkylation sites (N-methyl/N-ethyl adjacent to an activating group) is 2. The van der Waals surface area contributed by atoms with Crippen molar-refractivity contribution in [3.8, 4) is 0 Å². The van der Waals surface area contributed by atoms with Crippen molar-refractivity contribution in [1.29, 1.82) is 0 Å². The summed E-state index contributed by atoms with van der Waals surface area (Å²) in [6.07, 6.45) is 2.10. The molecule has 1 atom stereocenters. The van der Waals surface area contributed by atoms with Gasteiger partial charge in [0.15, 0.2) is 0 Å². The molecule has 0 radical (unpaired) electrons. The van der Waals surface area contributed by atoms with Crippen LogP contribution in [0.15, 0.2) is 54.4 Å². The van der Waals surface area contributed by atoms with Gasteiger partial charge in [-0.1, -0.05) is 42.5 Å². The van der Waals surface area contributed by atoms with Gasteiger partial charge in [-0.05, 0) is 23.4 Å². The van der Waals surface area contributed by atoms with Gasteiger partial charge in [0.2, 0.25) is 0 Å². The lowest BCUT2D eigenvalue weighted by Crippen LogP contribution is -2.49.